The van der Waals surface area contributed by atoms with E-state index in [1.807, 2.05) is 58.9 Å². The number of carbonyl (C=O) groups is 1. The van der Waals surface area contributed by atoms with Gasteiger partial charge >= 0.3 is 0 Å². The number of aliphatic imine (C=N–C) groups is 1. The number of methoxy groups -OCH3 is 1. The summed E-state index contributed by atoms with van der Waals surface area (Å²) in [6.45, 7) is 5.27. The summed E-state index contributed by atoms with van der Waals surface area (Å²) in [6.07, 6.45) is -1.27. The molecule has 212 valence electrons. The minimum absolute atomic E-state index is 0.101. The molecule has 3 heterocycles. The van der Waals surface area contributed by atoms with E-state index in [1.54, 1.807) is 7.11 Å². The quantitative estimate of drug-likeness (QED) is 0.269. The molecule has 0 saturated carbocycles. The third-order valence-corrected chi connectivity index (χ3v) is 7.44. The maximum atomic E-state index is 13.0. The molecule has 1 saturated heterocycles. The molecule has 3 atom stereocenters. The van der Waals surface area contributed by atoms with Gasteiger partial charge in [-0.05, 0) is 37.3 Å². The molecule has 3 unspecified atom stereocenters. The van der Waals surface area contributed by atoms with Crippen LogP contribution in [0.15, 0.2) is 47.5 Å². The van der Waals surface area contributed by atoms with Gasteiger partial charge in [0.2, 0.25) is 5.91 Å². The highest BCUT2D eigenvalue weighted by molar-refractivity contribution is 6.30. The number of nitrogens with zero attached hydrogens (tertiary/aromatic N) is 5. The Morgan fingerprint density at radius 3 is 2.55 bits per heavy atom. The maximum absolute atomic E-state index is 13.0. The molecule has 0 aliphatic carbocycles. The average molecular weight is 568 g/mol. The number of aromatic nitrogens is 3. The highest BCUT2D eigenvalue weighted by Crippen LogP contribution is 2.34. The topological polar surface area (TPSA) is 137 Å². The Hall–Kier alpha value is -3.35. The molecule has 0 spiro atoms. The lowest BCUT2D eigenvalue weighted by atomic mass is 10.00. The third kappa shape index (κ3) is 6.18. The van der Waals surface area contributed by atoms with Gasteiger partial charge in [-0.1, -0.05) is 23.7 Å². The van der Waals surface area contributed by atoms with Crippen LogP contribution in [0.3, 0.4) is 0 Å². The molecule has 0 radical (unpaired) electrons. The number of hydrogen-bond donors (Lipinski definition) is 4. The second-order valence-corrected chi connectivity index (χ2v) is 10.5. The number of nitrogens with one attached hydrogen (secondary N) is 2. The molecular weight excluding hydrogens is 534 g/mol. The van der Waals surface area contributed by atoms with Gasteiger partial charge in [-0.3, -0.25) is 19.3 Å². The standard InChI is InChI=1S/C28H34ClN7O4/c1-17-33-34-28-22(14-26(39)31-10-9-30-11-12-35-15-24(37)25(38)16-35)32-27(18-3-5-19(29)6-4-18)21-13-20(40-2)7-8-23(21)36(17)28/h3-8,13,22,24-25,30,37-38H,9-12,14-16H2,1-2H3,(H,31,39). The molecule has 2 aliphatic rings. The average Bonchev–Trinajstić information content (AvgIpc) is 3.44. The van der Waals surface area contributed by atoms with Crippen LogP contribution in [0.1, 0.15) is 35.2 Å². The SMILES string of the molecule is COc1ccc2c(c1)C(c1ccc(Cl)cc1)=NC(CC(=O)NCCNCCN1CC(O)C(O)C1)c1nnc(C)n1-2. The van der Waals surface area contributed by atoms with Crippen molar-refractivity contribution in [3.8, 4) is 11.4 Å². The number of halogens is 1. The van der Waals surface area contributed by atoms with E-state index in [9.17, 15) is 15.0 Å². The molecule has 4 N–H and O–H groups in total. The lowest BCUT2D eigenvalue weighted by Gasteiger charge is -2.15. The van der Waals surface area contributed by atoms with Gasteiger partial charge in [0.05, 0.1) is 37.1 Å². The van der Waals surface area contributed by atoms with E-state index in [0.29, 0.717) is 67.4 Å². The van der Waals surface area contributed by atoms with E-state index in [-0.39, 0.29) is 12.3 Å². The lowest BCUT2D eigenvalue weighted by Crippen LogP contribution is -2.36. The normalized spacial score (nSPS) is 20.4. The number of aryl methyl sites for hydroxylation is 1. The molecule has 5 rings (SSSR count). The summed E-state index contributed by atoms with van der Waals surface area (Å²) in [5.41, 5.74) is 3.28. The van der Waals surface area contributed by atoms with Crippen molar-refractivity contribution in [3.63, 3.8) is 0 Å². The van der Waals surface area contributed by atoms with Gasteiger partial charge < -0.3 is 25.6 Å². The summed E-state index contributed by atoms with van der Waals surface area (Å²) in [6, 6.07) is 12.7. The molecule has 0 bridgehead atoms. The Bertz CT molecular complexity index is 1370. The minimum atomic E-state index is -0.685. The molecule has 1 amide bonds. The number of likely N-dealkylation sites (tertiary alicyclic amines) is 1. The molecule has 2 aromatic carbocycles. The summed E-state index contributed by atoms with van der Waals surface area (Å²) < 4.78 is 7.47. The van der Waals surface area contributed by atoms with Crippen LogP contribution in [0.2, 0.25) is 5.02 Å². The Morgan fingerprint density at radius 1 is 1.07 bits per heavy atom. The van der Waals surface area contributed by atoms with Gasteiger partial charge in [-0.15, -0.1) is 10.2 Å². The maximum Gasteiger partial charge on any atom is 0.222 e. The van der Waals surface area contributed by atoms with Crippen molar-refractivity contribution in [2.45, 2.75) is 31.6 Å². The van der Waals surface area contributed by atoms with Crippen LogP contribution in [0, 0.1) is 6.92 Å². The number of rotatable bonds is 10. The largest absolute Gasteiger partial charge is 0.497 e. The summed E-state index contributed by atoms with van der Waals surface area (Å²) in [7, 11) is 1.62. The van der Waals surface area contributed by atoms with Gasteiger partial charge in [-0.25, -0.2) is 0 Å². The van der Waals surface area contributed by atoms with Crippen molar-refractivity contribution in [2.24, 2.45) is 4.99 Å². The number of β-amino-alcohol motifs (C(OH)–C–C–N with tert-alkyl or cyclic N) is 2. The first kappa shape index (κ1) is 28.2. The molecule has 3 aromatic rings. The van der Waals surface area contributed by atoms with E-state index >= 15 is 0 Å². The number of benzene rings is 2. The fourth-order valence-electron chi connectivity index (χ4n) is 5.11. The van der Waals surface area contributed by atoms with Crippen molar-refractivity contribution in [1.82, 2.24) is 30.3 Å². The summed E-state index contributed by atoms with van der Waals surface area (Å²) in [5, 5.41) is 34.9. The van der Waals surface area contributed by atoms with E-state index in [0.717, 1.165) is 16.8 Å². The van der Waals surface area contributed by atoms with Gasteiger partial charge in [0.15, 0.2) is 5.82 Å². The van der Waals surface area contributed by atoms with E-state index in [4.69, 9.17) is 21.3 Å². The van der Waals surface area contributed by atoms with Crippen molar-refractivity contribution in [1.29, 1.82) is 0 Å². The first-order valence-electron chi connectivity index (χ1n) is 13.3. The lowest BCUT2D eigenvalue weighted by molar-refractivity contribution is -0.121. The number of amides is 1. The van der Waals surface area contributed by atoms with Crippen molar-refractivity contribution in [2.75, 3.05) is 46.4 Å². The number of carbonyl (C=O) groups excluding carboxylic acids is 1. The molecule has 40 heavy (non-hydrogen) atoms. The molecule has 12 heteroatoms. The third-order valence-electron chi connectivity index (χ3n) is 7.19. The van der Waals surface area contributed by atoms with Crippen LogP contribution in [-0.2, 0) is 4.79 Å². The Morgan fingerprint density at radius 2 is 1.82 bits per heavy atom. The number of aliphatic hydroxyl groups excluding tert-OH is 2. The zero-order valence-corrected chi connectivity index (χ0v) is 23.3. The fourth-order valence-corrected chi connectivity index (χ4v) is 5.23. The Labute approximate surface area is 237 Å². The molecule has 2 aliphatic heterocycles. The molecule has 1 fully saturated rings. The highest BCUT2D eigenvalue weighted by Gasteiger charge is 2.30. The molecular formula is C28H34ClN7O4. The van der Waals surface area contributed by atoms with Crippen molar-refractivity contribution in [3.05, 3.63) is 70.3 Å². The predicted molar refractivity (Wildman–Crippen MR) is 151 cm³/mol. The van der Waals surface area contributed by atoms with Crippen LogP contribution >= 0.6 is 11.6 Å². The highest BCUT2D eigenvalue weighted by atomic mass is 35.5. The first-order chi connectivity index (χ1) is 19.3. The molecule has 1 aromatic heterocycles. The van der Waals surface area contributed by atoms with Crippen LogP contribution in [0.25, 0.3) is 5.69 Å². The monoisotopic (exact) mass is 567 g/mol. The zero-order chi connectivity index (χ0) is 28.2. The van der Waals surface area contributed by atoms with E-state index < -0.39 is 18.2 Å². The van der Waals surface area contributed by atoms with Gasteiger partial charge in [0.1, 0.15) is 17.6 Å². The Balaban J connectivity index is 1.30. The smallest absolute Gasteiger partial charge is 0.222 e. The van der Waals surface area contributed by atoms with Crippen LogP contribution < -0.4 is 15.4 Å². The van der Waals surface area contributed by atoms with Crippen LogP contribution in [0.4, 0.5) is 0 Å². The summed E-state index contributed by atoms with van der Waals surface area (Å²) in [4.78, 5) is 20.1. The number of aliphatic hydroxyl groups is 2. The number of ether oxygens (including phenoxy) is 1. The number of fused-ring (bicyclic) bond motifs is 3. The second kappa shape index (κ2) is 12.4. The van der Waals surface area contributed by atoms with Crippen LogP contribution in [-0.4, -0.2) is 100 Å². The fraction of sp³-hybridized carbons (Fsp3) is 0.429. The van der Waals surface area contributed by atoms with Crippen molar-refractivity contribution >= 4 is 23.2 Å². The first-order valence-corrected chi connectivity index (χ1v) is 13.7. The van der Waals surface area contributed by atoms with Crippen molar-refractivity contribution < 1.29 is 19.7 Å². The van der Waals surface area contributed by atoms with Gasteiger partial charge in [0.25, 0.3) is 0 Å². The predicted octanol–water partition coefficient (Wildman–Crippen LogP) is 1.26. The summed E-state index contributed by atoms with van der Waals surface area (Å²) >= 11 is 6.17. The summed E-state index contributed by atoms with van der Waals surface area (Å²) in [5.74, 6) is 1.83. The van der Waals surface area contributed by atoms with Gasteiger partial charge in [0, 0.05) is 55.4 Å². The van der Waals surface area contributed by atoms with Gasteiger partial charge in [-0.2, -0.15) is 0 Å². The zero-order valence-electron chi connectivity index (χ0n) is 22.5. The Kier molecular flexibility index (Phi) is 8.77. The second-order valence-electron chi connectivity index (χ2n) is 10.0. The van der Waals surface area contributed by atoms with E-state index in [2.05, 4.69) is 20.8 Å². The number of hydrogen-bond acceptors (Lipinski definition) is 9. The van der Waals surface area contributed by atoms with E-state index in [1.165, 1.54) is 0 Å². The molecule has 11 nitrogen and oxygen atoms in total. The van der Waals surface area contributed by atoms with Crippen LogP contribution in [0.5, 0.6) is 5.75 Å². The minimum Gasteiger partial charge on any atom is -0.497 e.